The zero-order chi connectivity index (χ0) is 15.9. The van der Waals surface area contributed by atoms with Crippen LogP contribution in [-0.4, -0.2) is 5.97 Å². The first kappa shape index (κ1) is 15.5. The van der Waals surface area contributed by atoms with Crippen LogP contribution in [0.15, 0.2) is 72.1 Å². The molecule has 0 spiro atoms. The van der Waals surface area contributed by atoms with Crippen LogP contribution in [-0.2, 0) is 9.53 Å². The Morgan fingerprint density at radius 3 is 1.82 bits per heavy atom. The van der Waals surface area contributed by atoms with Gasteiger partial charge in [-0.15, -0.1) is 0 Å². The lowest BCUT2D eigenvalue weighted by Crippen LogP contribution is -2.17. The number of allylic oxidation sites excluding steroid dienone is 2. The van der Waals surface area contributed by atoms with Crippen molar-refractivity contribution >= 4 is 5.97 Å². The second-order valence-electron chi connectivity index (χ2n) is 4.92. The summed E-state index contributed by atoms with van der Waals surface area (Å²) in [5, 5.41) is 8.77. The lowest BCUT2D eigenvalue weighted by Gasteiger charge is -2.16. The van der Waals surface area contributed by atoms with Crippen LogP contribution in [0.4, 0.5) is 0 Å². The van der Waals surface area contributed by atoms with Crippen LogP contribution in [0.3, 0.4) is 0 Å². The van der Waals surface area contributed by atoms with Crippen LogP contribution in [0.5, 0.6) is 0 Å². The topological polar surface area (TPSA) is 54.4 Å². The summed E-state index contributed by atoms with van der Waals surface area (Å²) < 4.78 is 5.36. The third kappa shape index (κ3) is 3.58. The van der Waals surface area contributed by atoms with E-state index in [9.17, 15) is 4.79 Å². The van der Waals surface area contributed by atoms with Gasteiger partial charge in [0.15, 0.2) is 10.7 Å². The van der Waals surface area contributed by atoms with Crippen molar-refractivity contribution in [3.8, 4) is 0 Å². The van der Waals surface area contributed by atoms with E-state index in [0.29, 0.717) is 0 Å². The standard InChI is InChI=1S/C18H17N2O2/c1-13(20-19)14(2)22-18(21)17(15-9-5-3-6-10-15)16-11-7-4-8-12-16/h3-12,17H,1-2H3/q+1/b14-13-. The van der Waals surface area contributed by atoms with Gasteiger partial charge >= 0.3 is 11.7 Å². The van der Waals surface area contributed by atoms with Crippen molar-refractivity contribution in [2.75, 3.05) is 0 Å². The zero-order valence-corrected chi connectivity index (χ0v) is 12.6. The van der Waals surface area contributed by atoms with Gasteiger partial charge in [0.2, 0.25) is 5.39 Å². The molecular weight excluding hydrogens is 276 g/mol. The zero-order valence-electron chi connectivity index (χ0n) is 12.6. The molecule has 2 aromatic rings. The molecular formula is C18H17N2O2+. The Hall–Kier alpha value is -2.93. The molecule has 110 valence electrons. The minimum absolute atomic E-state index is 0.272. The van der Waals surface area contributed by atoms with Gasteiger partial charge in [0, 0.05) is 13.8 Å². The van der Waals surface area contributed by atoms with E-state index < -0.39 is 11.9 Å². The van der Waals surface area contributed by atoms with Gasteiger partial charge in [-0.1, -0.05) is 60.7 Å². The van der Waals surface area contributed by atoms with Crippen molar-refractivity contribution in [1.82, 2.24) is 0 Å². The molecule has 0 N–H and O–H groups in total. The maximum Gasteiger partial charge on any atom is 0.396 e. The Morgan fingerprint density at radius 2 is 1.41 bits per heavy atom. The average molecular weight is 293 g/mol. The van der Waals surface area contributed by atoms with Crippen molar-refractivity contribution in [3.05, 3.63) is 88.2 Å². The highest BCUT2D eigenvalue weighted by Gasteiger charge is 2.26. The first-order valence-corrected chi connectivity index (χ1v) is 6.97. The Kier molecular flexibility index (Phi) is 5.05. The molecule has 0 unspecified atom stereocenters. The highest BCUT2D eigenvalue weighted by atomic mass is 16.5. The van der Waals surface area contributed by atoms with Gasteiger partial charge < -0.3 is 4.74 Å². The van der Waals surface area contributed by atoms with Crippen molar-refractivity contribution in [2.45, 2.75) is 19.8 Å². The molecule has 0 aromatic heterocycles. The third-order valence-electron chi connectivity index (χ3n) is 3.41. The molecule has 22 heavy (non-hydrogen) atoms. The number of hydrogen-bond donors (Lipinski definition) is 0. The van der Waals surface area contributed by atoms with E-state index in [1.807, 2.05) is 60.7 Å². The van der Waals surface area contributed by atoms with E-state index in [1.54, 1.807) is 13.8 Å². The monoisotopic (exact) mass is 293 g/mol. The van der Waals surface area contributed by atoms with E-state index in [-0.39, 0.29) is 11.5 Å². The number of carbonyl (C=O) groups excluding carboxylic acids is 1. The number of carbonyl (C=O) groups is 1. The molecule has 0 radical (unpaired) electrons. The molecule has 0 amide bonds. The van der Waals surface area contributed by atoms with Gasteiger partial charge in [-0.25, -0.2) is 0 Å². The van der Waals surface area contributed by atoms with Gasteiger partial charge in [0.25, 0.3) is 0 Å². The quantitative estimate of drug-likeness (QED) is 0.475. The lowest BCUT2D eigenvalue weighted by molar-refractivity contribution is -0.140. The van der Waals surface area contributed by atoms with E-state index in [2.05, 4.69) is 4.98 Å². The summed E-state index contributed by atoms with van der Waals surface area (Å²) in [6.07, 6.45) is 0. The van der Waals surface area contributed by atoms with Crippen LogP contribution >= 0.6 is 0 Å². The fourth-order valence-electron chi connectivity index (χ4n) is 2.11. The first-order chi connectivity index (χ1) is 10.6. The molecule has 4 heteroatoms. The minimum atomic E-state index is -0.524. The highest BCUT2D eigenvalue weighted by molar-refractivity contribution is 5.83. The molecule has 0 aliphatic carbocycles. The van der Waals surface area contributed by atoms with Gasteiger partial charge in [0.1, 0.15) is 5.92 Å². The Bertz CT molecular complexity index is 676. The molecule has 0 atom stereocenters. The third-order valence-corrected chi connectivity index (χ3v) is 3.41. The van der Waals surface area contributed by atoms with Gasteiger partial charge in [-0.2, -0.15) is 0 Å². The minimum Gasteiger partial charge on any atom is -0.422 e. The summed E-state index contributed by atoms with van der Waals surface area (Å²) in [5.74, 6) is -0.647. The molecule has 0 bridgehead atoms. The van der Waals surface area contributed by atoms with Gasteiger partial charge in [-0.05, 0) is 11.1 Å². The molecule has 2 aromatic carbocycles. The largest absolute Gasteiger partial charge is 0.422 e. The first-order valence-electron chi connectivity index (χ1n) is 6.97. The second-order valence-corrected chi connectivity index (χ2v) is 4.92. The molecule has 0 fully saturated rings. The molecule has 4 nitrogen and oxygen atoms in total. The van der Waals surface area contributed by atoms with Crippen LogP contribution in [0.2, 0.25) is 0 Å². The van der Waals surface area contributed by atoms with Crippen LogP contribution in [0.25, 0.3) is 4.98 Å². The second kappa shape index (κ2) is 7.19. The van der Waals surface area contributed by atoms with E-state index >= 15 is 0 Å². The van der Waals surface area contributed by atoms with Crippen molar-refractivity contribution in [1.29, 1.82) is 5.39 Å². The van der Waals surface area contributed by atoms with Crippen molar-refractivity contribution in [2.24, 2.45) is 0 Å². The molecule has 0 saturated carbocycles. The number of benzene rings is 2. The smallest absolute Gasteiger partial charge is 0.396 e. The number of nitrogens with zero attached hydrogens (tertiary/aromatic N) is 2. The van der Waals surface area contributed by atoms with Gasteiger partial charge in [0.05, 0.1) is 0 Å². The highest BCUT2D eigenvalue weighted by Crippen LogP contribution is 2.27. The lowest BCUT2D eigenvalue weighted by atomic mass is 9.91. The molecule has 0 aliphatic rings. The normalized spacial score (nSPS) is 11.5. The fourth-order valence-corrected chi connectivity index (χ4v) is 2.11. The van der Waals surface area contributed by atoms with E-state index in [0.717, 1.165) is 11.1 Å². The molecule has 0 aliphatic heterocycles. The Labute approximate surface area is 129 Å². The van der Waals surface area contributed by atoms with Crippen LogP contribution in [0.1, 0.15) is 30.9 Å². The molecule has 0 saturated heterocycles. The summed E-state index contributed by atoms with van der Waals surface area (Å²) in [7, 11) is 0. The van der Waals surface area contributed by atoms with Crippen LogP contribution < -0.4 is 0 Å². The predicted molar refractivity (Wildman–Crippen MR) is 84.3 cm³/mol. The number of ether oxygens (including phenoxy) is 1. The van der Waals surface area contributed by atoms with Crippen molar-refractivity contribution in [3.63, 3.8) is 0 Å². The number of diazo groups is 1. The SMILES string of the molecule is C/C([N+]#N)=C(\C)OC(=O)C(c1ccccc1)c1ccccc1. The summed E-state index contributed by atoms with van der Waals surface area (Å²) in [5.41, 5.74) is 1.98. The number of esters is 1. The fraction of sp³-hybridized carbons (Fsp3) is 0.167. The number of rotatable bonds is 4. The molecule has 2 rings (SSSR count). The van der Waals surface area contributed by atoms with Gasteiger partial charge in [-0.3, -0.25) is 4.79 Å². The summed E-state index contributed by atoms with van der Waals surface area (Å²) in [4.78, 5) is 15.6. The average Bonchev–Trinajstić information content (AvgIpc) is 2.56. The van der Waals surface area contributed by atoms with Crippen molar-refractivity contribution < 1.29 is 9.53 Å². The summed E-state index contributed by atoms with van der Waals surface area (Å²) in [6.45, 7) is 3.17. The Balaban J connectivity index is 2.38. The van der Waals surface area contributed by atoms with E-state index in [1.165, 1.54) is 0 Å². The van der Waals surface area contributed by atoms with E-state index in [4.69, 9.17) is 10.1 Å². The Morgan fingerprint density at radius 1 is 0.955 bits per heavy atom. The summed E-state index contributed by atoms with van der Waals surface area (Å²) in [6, 6.07) is 18.9. The van der Waals surface area contributed by atoms with Crippen LogP contribution in [0, 0.1) is 5.39 Å². The maximum absolute atomic E-state index is 12.6. The maximum atomic E-state index is 12.6. The summed E-state index contributed by atoms with van der Waals surface area (Å²) >= 11 is 0. The number of hydrogen-bond acceptors (Lipinski definition) is 3. The predicted octanol–water partition coefficient (Wildman–Crippen LogP) is 4.47. The molecule has 0 heterocycles.